The molecule has 3 aromatic carbocycles. The molecule has 0 spiro atoms. The molecular formula is C26H21Cl2F2N3O2. The maximum Gasteiger partial charge on any atom is 0.255 e. The van der Waals surface area contributed by atoms with Gasteiger partial charge in [-0.15, -0.1) is 0 Å². The van der Waals surface area contributed by atoms with Gasteiger partial charge in [0.1, 0.15) is 12.4 Å². The summed E-state index contributed by atoms with van der Waals surface area (Å²) in [6.45, 7) is 4.17. The lowest BCUT2D eigenvalue weighted by Gasteiger charge is -2.10. The third kappa shape index (κ3) is 5.81. The van der Waals surface area contributed by atoms with Gasteiger partial charge in [0.05, 0.1) is 33.7 Å². The molecule has 0 aliphatic heterocycles. The van der Waals surface area contributed by atoms with E-state index in [9.17, 15) is 13.6 Å². The molecule has 1 N–H and O–H groups in total. The van der Waals surface area contributed by atoms with E-state index in [1.807, 2.05) is 19.9 Å². The predicted octanol–water partition coefficient (Wildman–Crippen LogP) is 6.96. The number of nitrogens with zero attached hydrogens (tertiary/aromatic N) is 2. The fourth-order valence-electron chi connectivity index (χ4n) is 3.58. The zero-order chi connectivity index (χ0) is 25.1. The Morgan fingerprint density at radius 1 is 1.00 bits per heavy atom. The van der Waals surface area contributed by atoms with E-state index in [0.29, 0.717) is 39.1 Å². The van der Waals surface area contributed by atoms with E-state index in [1.165, 1.54) is 6.07 Å². The second-order valence-corrected chi connectivity index (χ2v) is 8.78. The molecule has 0 fully saturated rings. The van der Waals surface area contributed by atoms with Crippen LogP contribution in [-0.4, -0.2) is 15.7 Å². The summed E-state index contributed by atoms with van der Waals surface area (Å²) >= 11 is 12.1. The number of ether oxygens (including phenoxy) is 1. The van der Waals surface area contributed by atoms with Crippen molar-refractivity contribution in [1.29, 1.82) is 0 Å². The van der Waals surface area contributed by atoms with Crippen molar-refractivity contribution in [2.75, 3.05) is 5.32 Å². The van der Waals surface area contributed by atoms with Crippen LogP contribution < -0.4 is 10.1 Å². The first-order valence-electron chi connectivity index (χ1n) is 10.7. The number of carbonyl (C=O) groups excluding carboxylic acids is 1. The van der Waals surface area contributed by atoms with Gasteiger partial charge in [-0.2, -0.15) is 5.10 Å². The number of aryl methyl sites for hydroxylation is 1. The van der Waals surface area contributed by atoms with Gasteiger partial charge >= 0.3 is 0 Å². The van der Waals surface area contributed by atoms with Crippen molar-refractivity contribution < 1.29 is 18.3 Å². The van der Waals surface area contributed by atoms with Crippen LogP contribution >= 0.6 is 23.2 Å². The van der Waals surface area contributed by atoms with Crippen molar-refractivity contribution in [3.8, 4) is 5.75 Å². The quantitative estimate of drug-likeness (QED) is 0.289. The molecular weight excluding hydrogens is 495 g/mol. The molecule has 0 aliphatic rings. The van der Waals surface area contributed by atoms with Gasteiger partial charge in [0.2, 0.25) is 0 Å². The van der Waals surface area contributed by atoms with E-state index in [0.717, 1.165) is 23.4 Å². The van der Waals surface area contributed by atoms with Crippen LogP contribution in [0.15, 0.2) is 60.7 Å². The summed E-state index contributed by atoms with van der Waals surface area (Å²) in [6, 6.07) is 15.3. The van der Waals surface area contributed by atoms with E-state index >= 15 is 0 Å². The van der Waals surface area contributed by atoms with E-state index in [-0.39, 0.29) is 18.3 Å². The Morgan fingerprint density at radius 3 is 2.54 bits per heavy atom. The molecule has 0 unspecified atom stereocenters. The van der Waals surface area contributed by atoms with Crippen LogP contribution in [0.3, 0.4) is 0 Å². The second kappa shape index (κ2) is 10.5. The van der Waals surface area contributed by atoms with Gasteiger partial charge in [-0.05, 0) is 61.4 Å². The predicted molar refractivity (Wildman–Crippen MR) is 132 cm³/mol. The average Bonchev–Trinajstić information content (AvgIpc) is 3.08. The highest BCUT2D eigenvalue weighted by Gasteiger charge is 2.16. The van der Waals surface area contributed by atoms with Gasteiger partial charge in [0.25, 0.3) is 5.91 Å². The van der Waals surface area contributed by atoms with Crippen LogP contribution in [0, 0.1) is 25.5 Å². The Balaban J connectivity index is 1.46. The van der Waals surface area contributed by atoms with E-state index in [4.69, 9.17) is 27.9 Å². The fraction of sp³-hybridized carbons (Fsp3) is 0.154. The molecule has 0 saturated carbocycles. The third-order valence-corrected chi connectivity index (χ3v) is 6.15. The molecule has 180 valence electrons. The zero-order valence-electron chi connectivity index (χ0n) is 18.9. The largest absolute Gasteiger partial charge is 0.486 e. The molecule has 1 amide bonds. The second-order valence-electron chi connectivity index (χ2n) is 7.97. The lowest BCUT2D eigenvalue weighted by atomic mass is 10.1. The minimum absolute atomic E-state index is 0.0172. The number of halogens is 4. The lowest BCUT2D eigenvalue weighted by Crippen LogP contribution is -2.14. The van der Waals surface area contributed by atoms with Gasteiger partial charge in [0.15, 0.2) is 11.6 Å². The number of amides is 1. The summed E-state index contributed by atoms with van der Waals surface area (Å²) in [7, 11) is 0. The molecule has 9 heteroatoms. The number of hydrogen-bond acceptors (Lipinski definition) is 3. The molecule has 5 nitrogen and oxygen atoms in total. The average molecular weight is 516 g/mol. The highest BCUT2D eigenvalue weighted by molar-refractivity contribution is 6.42. The minimum atomic E-state index is -0.789. The Labute approximate surface area is 211 Å². The Hall–Kier alpha value is -3.42. The number of nitrogens with one attached hydrogen (secondary N) is 1. The Morgan fingerprint density at radius 2 is 1.80 bits per heavy atom. The van der Waals surface area contributed by atoms with Crippen LogP contribution in [0.5, 0.6) is 5.75 Å². The molecule has 0 aliphatic carbocycles. The van der Waals surface area contributed by atoms with Crippen molar-refractivity contribution >= 4 is 34.8 Å². The smallest absolute Gasteiger partial charge is 0.255 e. The van der Waals surface area contributed by atoms with Crippen molar-refractivity contribution in [2.45, 2.75) is 27.0 Å². The van der Waals surface area contributed by atoms with E-state index < -0.39 is 11.6 Å². The first-order valence-corrected chi connectivity index (χ1v) is 11.4. The minimum Gasteiger partial charge on any atom is -0.486 e. The van der Waals surface area contributed by atoms with Gasteiger partial charge in [-0.1, -0.05) is 41.4 Å². The SMILES string of the molecule is Cc1nn(Cc2ccc(Cl)c(Cl)c2)c(C)c1NC(=O)c1cccc(COc2ccc(F)cc2F)c1. The fourth-order valence-corrected chi connectivity index (χ4v) is 3.90. The van der Waals surface area contributed by atoms with Gasteiger partial charge in [-0.3, -0.25) is 9.48 Å². The summed E-state index contributed by atoms with van der Waals surface area (Å²) in [6.07, 6.45) is 0. The number of benzene rings is 3. The molecule has 0 atom stereocenters. The Bertz CT molecular complexity index is 1410. The standard InChI is InChI=1S/C26H21Cl2F2N3O2/c1-15-25(16(2)33(32-15)13-17-6-8-21(27)22(28)11-17)31-26(34)19-5-3-4-18(10-19)14-35-24-9-7-20(29)12-23(24)30/h3-12H,13-14H2,1-2H3,(H,31,34). The summed E-state index contributed by atoms with van der Waals surface area (Å²) in [4.78, 5) is 13.0. The highest BCUT2D eigenvalue weighted by Crippen LogP contribution is 2.25. The van der Waals surface area contributed by atoms with E-state index in [1.54, 1.807) is 41.1 Å². The zero-order valence-corrected chi connectivity index (χ0v) is 20.4. The van der Waals surface area contributed by atoms with Gasteiger partial charge in [0, 0.05) is 11.6 Å². The maximum absolute atomic E-state index is 13.8. The van der Waals surface area contributed by atoms with Crippen molar-refractivity contribution in [2.24, 2.45) is 0 Å². The normalized spacial score (nSPS) is 10.9. The van der Waals surface area contributed by atoms with Gasteiger partial charge < -0.3 is 10.1 Å². The highest BCUT2D eigenvalue weighted by atomic mass is 35.5. The van der Waals surface area contributed by atoms with Crippen LogP contribution in [-0.2, 0) is 13.2 Å². The first-order chi connectivity index (χ1) is 16.7. The van der Waals surface area contributed by atoms with E-state index in [2.05, 4.69) is 10.4 Å². The number of anilines is 1. The molecule has 35 heavy (non-hydrogen) atoms. The van der Waals surface area contributed by atoms with Crippen LogP contribution in [0.2, 0.25) is 10.0 Å². The Kier molecular flexibility index (Phi) is 7.38. The van der Waals surface area contributed by atoms with Crippen LogP contribution in [0.1, 0.15) is 32.9 Å². The topological polar surface area (TPSA) is 56.2 Å². The first kappa shape index (κ1) is 24.7. The number of rotatable bonds is 7. The molecule has 0 radical (unpaired) electrons. The lowest BCUT2D eigenvalue weighted by molar-refractivity contribution is 0.102. The molecule has 0 saturated heterocycles. The van der Waals surface area contributed by atoms with Crippen LogP contribution in [0.25, 0.3) is 0 Å². The molecule has 1 heterocycles. The van der Waals surface area contributed by atoms with Crippen molar-refractivity contribution in [3.63, 3.8) is 0 Å². The maximum atomic E-state index is 13.8. The summed E-state index contributed by atoms with van der Waals surface area (Å²) in [5.74, 6) is -1.86. The van der Waals surface area contributed by atoms with Crippen molar-refractivity contribution in [1.82, 2.24) is 9.78 Å². The van der Waals surface area contributed by atoms with Crippen LogP contribution in [0.4, 0.5) is 14.5 Å². The van der Waals surface area contributed by atoms with Crippen molar-refractivity contribution in [3.05, 3.63) is 110 Å². The molecule has 1 aromatic heterocycles. The molecule has 4 aromatic rings. The number of hydrogen-bond donors (Lipinski definition) is 1. The summed E-state index contributed by atoms with van der Waals surface area (Å²) in [5, 5.41) is 8.41. The third-order valence-electron chi connectivity index (χ3n) is 5.41. The summed E-state index contributed by atoms with van der Waals surface area (Å²) < 4.78 is 34.1. The van der Waals surface area contributed by atoms with Gasteiger partial charge in [-0.25, -0.2) is 8.78 Å². The number of carbonyl (C=O) groups is 1. The number of aromatic nitrogens is 2. The summed E-state index contributed by atoms with van der Waals surface area (Å²) in [5.41, 5.74) is 4.06. The molecule has 0 bridgehead atoms. The molecule has 4 rings (SSSR count). The monoisotopic (exact) mass is 515 g/mol.